The fourth-order valence-electron chi connectivity index (χ4n) is 11.9. The van der Waals surface area contributed by atoms with E-state index in [9.17, 15) is 9.90 Å². The fourth-order valence-corrected chi connectivity index (χ4v) is 11.9. The largest absolute Gasteiger partial charge is 0.458 e. The van der Waals surface area contributed by atoms with Gasteiger partial charge in [0.05, 0.1) is 11.5 Å². The van der Waals surface area contributed by atoms with Crippen LogP contribution in [0.3, 0.4) is 0 Å². The molecule has 6 aliphatic rings. The van der Waals surface area contributed by atoms with E-state index in [0.717, 1.165) is 51.4 Å². The maximum absolute atomic E-state index is 13.7. The molecule has 3 nitrogen and oxygen atoms in total. The number of hydrogen-bond donors (Lipinski definition) is 1. The predicted octanol–water partition coefficient (Wildman–Crippen LogP) is 6.68. The van der Waals surface area contributed by atoms with Crippen LogP contribution in [-0.2, 0) is 9.53 Å². The van der Waals surface area contributed by atoms with Crippen molar-refractivity contribution in [2.45, 2.75) is 117 Å². The van der Waals surface area contributed by atoms with Crippen molar-refractivity contribution in [3.63, 3.8) is 0 Å². The van der Waals surface area contributed by atoms with Crippen LogP contribution in [0.15, 0.2) is 12.2 Å². The quantitative estimate of drug-likeness (QED) is 0.328. The van der Waals surface area contributed by atoms with Crippen LogP contribution in [0.1, 0.15) is 106 Å². The van der Waals surface area contributed by atoms with Crippen molar-refractivity contribution in [3.05, 3.63) is 12.2 Å². The highest BCUT2D eigenvalue weighted by Crippen LogP contribution is 2.80. The molecule has 5 aliphatic carbocycles. The van der Waals surface area contributed by atoms with Gasteiger partial charge in [0.1, 0.15) is 5.60 Å². The number of ether oxygens (including phenoxy) is 1. The topological polar surface area (TPSA) is 46.5 Å². The smallest absolute Gasteiger partial charge is 0.313 e. The first kappa shape index (κ1) is 22.6. The molecule has 1 aliphatic heterocycles. The number of carbonyl (C=O) groups is 1. The molecule has 2 bridgehead atoms. The van der Waals surface area contributed by atoms with Gasteiger partial charge in [0.25, 0.3) is 0 Å². The Morgan fingerprint density at radius 3 is 2.33 bits per heavy atom. The third-order valence-corrected chi connectivity index (χ3v) is 13.9. The molecule has 6 rings (SSSR count). The van der Waals surface area contributed by atoms with Gasteiger partial charge in [0.2, 0.25) is 0 Å². The minimum Gasteiger partial charge on any atom is -0.458 e. The molecule has 1 spiro atoms. The molecule has 1 N–H and O–H groups in total. The Labute approximate surface area is 201 Å². The van der Waals surface area contributed by atoms with Crippen molar-refractivity contribution in [1.82, 2.24) is 0 Å². The van der Waals surface area contributed by atoms with E-state index in [0.29, 0.717) is 23.7 Å². The predicted molar refractivity (Wildman–Crippen MR) is 130 cm³/mol. The normalized spacial score (nSPS) is 59.1. The van der Waals surface area contributed by atoms with E-state index in [-0.39, 0.29) is 44.7 Å². The number of rotatable bonds is 0. The number of fused-ring (bicyclic) bond motifs is 4. The number of aliphatic hydroxyl groups is 1. The number of hydrogen-bond acceptors (Lipinski definition) is 3. The number of aliphatic hydroxyl groups excluding tert-OH is 1. The lowest BCUT2D eigenvalue weighted by Gasteiger charge is -2.74. The van der Waals surface area contributed by atoms with Gasteiger partial charge in [-0.3, -0.25) is 4.79 Å². The van der Waals surface area contributed by atoms with Crippen LogP contribution in [0.2, 0.25) is 0 Å². The summed E-state index contributed by atoms with van der Waals surface area (Å²) in [6.45, 7) is 19.1. The van der Waals surface area contributed by atoms with E-state index in [4.69, 9.17) is 4.74 Å². The van der Waals surface area contributed by atoms with Crippen LogP contribution in [0, 0.1) is 50.7 Å². The maximum atomic E-state index is 13.7. The van der Waals surface area contributed by atoms with Crippen molar-refractivity contribution in [1.29, 1.82) is 0 Å². The Kier molecular flexibility index (Phi) is 4.31. The van der Waals surface area contributed by atoms with Crippen LogP contribution >= 0.6 is 0 Å². The van der Waals surface area contributed by atoms with Crippen molar-refractivity contribution >= 4 is 5.97 Å². The molecule has 0 amide bonds. The lowest BCUT2D eigenvalue weighted by Crippen LogP contribution is -2.72. The second-order valence-corrected chi connectivity index (χ2v) is 14.7. The van der Waals surface area contributed by atoms with Gasteiger partial charge in [0, 0.05) is 11.3 Å². The van der Waals surface area contributed by atoms with Gasteiger partial charge >= 0.3 is 5.97 Å². The molecule has 1 saturated heterocycles. The Bertz CT molecular complexity index is 922. The molecule has 5 saturated carbocycles. The van der Waals surface area contributed by atoms with Crippen molar-refractivity contribution in [3.8, 4) is 0 Å². The molecular weight excluding hydrogens is 408 g/mol. The first-order valence-electron chi connectivity index (χ1n) is 13.9. The van der Waals surface area contributed by atoms with E-state index in [1.165, 1.54) is 18.4 Å². The minimum absolute atomic E-state index is 0.00328. The molecule has 3 heteroatoms. The summed E-state index contributed by atoms with van der Waals surface area (Å²) in [7, 11) is 0. The van der Waals surface area contributed by atoms with Crippen LogP contribution in [0.25, 0.3) is 0 Å². The van der Waals surface area contributed by atoms with Crippen molar-refractivity contribution in [2.24, 2.45) is 50.7 Å². The molecule has 0 aromatic rings. The summed E-state index contributed by atoms with van der Waals surface area (Å²) in [6, 6.07) is 0. The number of esters is 1. The second kappa shape index (κ2) is 6.29. The van der Waals surface area contributed by atoms with Gasteiger partial charge in [-0.25, -0.2) is 0 Å². The molecule has 10 unspecified atom stereocenters. The molecular formula is C30H46O3. The first-order chi connectivity index (χ1) is 15.3. The van der Waals surface area contributed by atoms with Gasteiger partial charge < -0.3 is 9.84 Å². The Morgan fingerprint density at radius 2 is 1.61 bits per heavy atom. The summed E-state index contributed by atoms with van der Waals surface area (Å²) in [4.78, 5) is 13.7. The van der Waals surface area contributed by atoms with Crippen LogP contribution in [0.5, 0.6) is 0 Å². The monoisotopic (exact) mass is 454 g/mol. The Hall–Kier alpha value is -0.830. The SMILES string of the molecule is C=C1CCC23CCC4(C)C5(C)CCC6C(C)(C)C(O)CCC6(C)C5CCC4(OC2=O)C3C1C. The summed E-state index contributed by atoms with van der Waals surface area (Å²) in [6.07, 6.45) is 10.5. The highest BCUT2D eigenvalue weighted by Gasteiger charge is 2.81. The zero-order valence-electron chi connectivity index (χ0n) is 21.9. The second-order valence-electron chi connectivity index (χ2n) is 14.7. The summed E-state index contributed by atoms with van der Waals surface area (Å²) in [5, 5.41) is 10.9. The molecule has 33 heavy (non-hydrogen) atoms. The Morgan fingerprint density at radius 1 is 0.909 bits per heavy atom. The van der Waals surface area contributed by atoms with Crippen molar-refractivity contribution in [2.75, 3.05) is 0 Å². The first-order valence-corrected chi connectivity index (χ1v) is 13.9. The summed E-state index contributed by atoms with van der Waals surface area (Å²) >= 11 is 0. The standard InChI is InChI=1S/C30H46O3/c1-18-8-14-29-17-16-28(7)27(6)13-9-20-25(3,4)22(31)11-12-26(20,5)21(27)10-15-30(28,33-24(29)32)23(29)19(18)2/h19-23,31H,1,8-17H2,2-7H3. The molecule has 184 valence electrons. The van der Waals surface area contributed by atoms with Gasteiger partial charge in [-0.1, -0.05) is 53.7 Å². The van der Waals surface area contributed by atoms with E-state index in [1.54, 1.807) is 0 Å². The minimum atomic E-state index is -0.330. The molecule has 0 aromatic heterocycles. The fraction of sp³-hybridized carbons (Fsp3) is 0.900. The zero-order valence-corrected chi connectivity index (χ0v) is 21.9. The highest BCUT2D eigenvalue weighted by molar-refractivity contribution is 5.82. The van der Waals surface area contributed by atoms with Gasteiger partial charge in [-0.2, -0.15) is 0 Å². The molecule has 0 radical (unpaired) electrons. The average molecular weight is 455 g/mol. The third kappa shape index (κ3) is 2.23. The number of carbonyl (C=O) groups excluding carboxylic acids is 1. The van der Waals surface area contributed by atoms with Crippen molar-refractivity contribution < 1.29 is 14.6 Å². The van der Waals surface area contributed by atoms with Gasteiger partial charge in [-0.15, -0.1) is 0 Å². The maximum Gasteiger partial charge on any atom is 0.313 e. The lowest BCUT2D eigenvalue weighted by molar-refractivity contribution is -0.285. The Balaban J connectivity index is 1.47. The van der Waals surface area contributed by atoms with E-state index in [1.807, 2.05) is 0 Å². The molecule has 10 atom stereocenters. The summed E-state index contributed by atoms with van der Waals surface area (Å²) in [5.74, 6) is 1.97. The van der Waals surface area contributed by atoms with E-state index in [2.05, 4.69) is 48.1 Å². The number of allylic oxidation sites excluding steroid dienone is 1. The average Bonchev–Trinajstić information content (AvgIpc) is 2.95. The van der Waals surface area contributed by atoms with Gasteiger partial charge in [-0.05, 0) is 98.2 Å². The lowest BCUT2D eigenvalue weighted by atomic mass is 9.30. The van der Waals surface area contributed by atoms with E-state index < -0.39 is 0 Å². The van der Waals surface area contributed by atoms with Crippen LogP contribution < -0.4 is 0 Å². The van der Waals surface area contributed by atoms with Gasteiger partial charge in [0.15, 0.2) is 0 Å². The zero-order chi connectivity index (χ0) is 23.8. The summed E-state index contributed by atoms with van der Waals surface area (Å²) in [5.41, 5.74) is 1.13. The third-order valence-electron chi connectivity index (χ3n) is 13.9. The molecule has 6 fully saturated rings. The highest BCUT2D eigenvalue weighted by atomic mass is 16.6. The van der Waals surface area contributed by atoms with Crippen LogP contribution in [0.4, 0.5) is 0 Å². The van der Waals surface area contributed by atoms with Crippen LogP contribution in [-0.4, -0.2) is 22.8 Å². The summed E-state index contributed by atoms with van der Waals surface area (Å²) < 4.78 is 6.76. The molecule has 0 aromatic carbocycles. The van der Waals surface area contributed by atoms with E-state index >= 15 is 0 Å². The molecule has 1 heterocycles.